The van der Waals surface area contributed by atoms with E-state index in [4.69, 9.17) is 23.2 Å². The lowest BCUT2D eigenvalue weighted by Crippen LogP contribution is -2.40. The Morgan fingerprint density at radius 3 is 2.86 bits per heavy atom. The molecule has 1 atom stereocenters. The average Bonchev–Trinajstić information content (AvgIpc) is 3.07. The van der Waals surface area contributed by atoms with Crippen molar-refractivity contribution in [3.05, 3.63) is 51.9 Å². The lowest BCUT2D eigenvalue weighted by molar-refractivity contribution is -0.130. The molecule has 1 aliphatic rings. The van der Waals surface area contributed by atoms with Gasteiger partial charge >= 0.3 is 0 Å². The minimum absolute atomic E-state index is 0.117. The number of piperidine rings is 1. The van der Waals surface area contributed by atoms with Crippen LogP contribution in [0.3, 0.4) is 0 Å². The van der Waals surface area contributed by atoms with Gasteiger partial charge in [0.05, 0.1) is 17.3 Å². The molecule has 2 aromatic rings. The van der Waals surface area contributed by atoms with Gasteiger partial charge in [0, 0.05) is 42.2 Å². The summed E-state index contributed by atoms with van der Waals surface area (Å²) in [6.07, 6.45) is 6.22. The van der Waals surface area contributed by atoms with E-state index in [1.54, 1.807) is 24.6 Å². The van der Waals surface area contributed by atoms with Crippen LogP contribution in [0, 0.1) is 6.92 Å². The number of carbonyl (C=O) groups is 1. The Kier molecular flexibility index (Phi) is 6.20. The number of fused-ring (bicyclic) bond motifs is 1. The fourth-order valence-corrected chi connectivity index (χ4v) is 3.65. The number of carbonyl (C=O) groups excluding carboxylic acids is 1. The highest BCUT2D eigenvalue weighted by Gasteiger charge is 2.32. The predicted octanol–water partition coefficient (Wildman–Crippen LogP) is 4.51. The van der Waals surface area contributed by atoms with Gasteiger partial charge in [-0.05, 0) is 39.2 Å². The van der Waals surface area contributed by atoms with Crippen molar-refractivity contribution in [3.63, 3.8) is 0 Å². The Labute approximate surface area is 174 Å². The van der Waals surface area contributed by atoms with Crippen LogP contribution >= 0.6 is 23.2 Å². The number of aromatic nitrogens is 3. The number of hydrogen-bond acceptors (Lipinski definition) is 4. The summed E-state index contributed by atoms with van der Waals surface area (Å²) in [5, 5.41) is 5.41. The van der Waals surface area contributed by atoms with Crippen molar-refractivity contribution in [1.29, 1.82) is 0 Å². The Morgan fingerprint density at radius 1 is 1.43 bits per heavy atom. The van der Waals surface area contributed by atoms with E-state index in [2.05, 4.69) is 21.7 Å². The number of aryl methyl sites for hydroxylation is 1. The van der Waals surface area contributed by atoms with Crippen LogP contribution in [0.25, 0.3) is 5.65 Å². The second kappa shape index (κ2) is 8.45. The molecule has 28 heavy (non-hydrogen) atoms. The van der Waals surface area contributed by atoms with Gasteiger partial charge in [-0.1, -0.05) is 29.8 Å². The van der Waals surface area contributed by atoms with Crippen LogP contribution < -0.4 is 0 Å². The topological polar surface area (TPSA) is 62.9 Å². The molecule has 3 rings (SSSR count). The quantitative estimate of drug-likeness (QED) is 0.316. The maximum atomic E-state index is 13.3. The van der Waals surface area contributed by atoms with Gasteiger partial charge in [-0.25, -0.2) is 9.50 Å². The average molecular weight is 420 g/mol. The van der Waals surface area contributed by atoms with Gasteiger partial charge in [-0.3, -0.25) is 9.79 Å². The highest BCUT2D eigenvalue weighted by Crippen LogP contribution is 2.32. The van der Waals surface area contributed by atoms with Gasteiger partial charge in [0.25, 0.3) is 5.91 Å². The number of nitrogens with zero attached hydrogens (tertiary/aromatic N) is 5. The zero-order valence-electron chi connectivity index (χ0n) is 16.2. The standard InChI is InChI=1S/C20H23Cl2N5O/c1-12-11-27-18(24-19(12)22)10-16(25-27)17-7-5-6-8-26(17)20(28)15(9-13(2)21)14(3)23-4/h9-11,17H,2,5-8H2,1,3-4H3/b15-9+,23-14?. The number of halogens is 2. The Bertz CT molecular complexity index is 953. The SMILES string of the molecule is C=C(Cl)/C=C(/C(=O)N1CCCCC1c1cc2nc(Cl)c(C)cn2n1)C(C)=NC. The van der Waals surface area contributed by atoms with Gasteiger partial charge < -0.3 is 4.90 Å². The smallest absolute Gasteiger partial charge is 0.256 e. The molecule has 8 heteroatoms. The summed E-state index contributed by atoms with van der Waals surface area (Å²) in [5.41, 5.74) is 3.39. The number of rotatable bonds is 4. The molecule has 1 fully saturated rings. The summed E-state index contributed by atoms with van der Waals surface area (Å²) in [4.78, 5) is 23.7. The fourth-order valence-electron chi connectivity index (χ4n) is 3.40. The van der Waals surface area contributed by atoms with Crippen LogP contribution in [0.2, 0.25) is 5.15 Å². The highest BCUT2D eigenvalue weighted by atomic mass is 35.5. The van der Waals surface area contributed by atoms with Crippen LogP contribution in [0.5, 0.6) is 0 Å². The van der Waals surface area contributed by atoms with E-state index in [1.807, 2.05) is 24.1 Å². The lowest BCUT2D eigenvalue weighted by Gasteiger charge is -2.35. The van der Waals surface area contributed by atoms with Gasteiger partial charge in [0.15, 0.2) is 5.65 Å². The first-order valence-corrected chi connectivity index (χ1v) is 9.90. The maximum absolute atomic E-state index is 13.3. The van der Waals surface area contributed by atoms with E-state index in [0.717, 1.165) is 30.5 Å². The Morgan fingerprint density at radius 2 is 2.18 bits per heavy atom. The van der Waals surface area contributed by atoms with Crippen molar-refractivity contribution in [1.82, 2.24) is 19.5 Å². The molecule has 0 radical (unpaired) electrons. The molecule has 1 unspecified atom stereocenters. The first-order valence-electron chi connectivity index (χ1n) is 9.15. The third-order valence-corrected chi connectivity index (χ3v) is 5.44. The van der Waals surface area contributed by atoms with Gasteiger partial charge in [0.2, 0.25) is 0 Å². The summed E-state index contributed by atoms with van der Waals surface area (Å²) in [6.45, 7) is 8.01. The molecule has 2 aromatic heterocycles. The molecular formula is C20H23Cl2N5O. The first kappa shape index (κ1) is 20.6. The molecule has 148 valence electrons. The monoisotopic (exact) mass is 419 g/mol. The van der Waals surface area contributed by atoms with E-state index in [1.165, 1.54) is 0 Å². The summed E-state index contributed by atoms with van der Waals surface area (Å²) >= 11 is 12.1. The molecule has 0 aliphatic carbocycles. The van der Waals surface area contributed by atoms with Crippen LogP contribution in [-0.4, -0.2) is 44.7 Å². The largest absolute Gasteiger partial charge is 0.330 e. The molecule has 0 N–H and O–H groups in total. The van der Waals surface area contributed by atoms with Crippen LogP contribution in [0.1, 0.15) is 43.5 Å². The van der Waals surface area contributed by atoms with Crippen molar-refractivity contribution in [2.75, 3.05) is 13.6 Å². The minimum Gasteiger partial charge on any atom is -0.330 e. The summed E-state index contributed by atoms with van der Waals surface area (Å²) < 4.78 is 1.71. The molecule has 1 saturated heterocycles. The van der Waals surface area contributed by atoms with Crippen molar-refractivity contribution < 1.29 is 4.79 Å². The Balaban J connectivity index is 2.00. The molecule has 6 nitrogen and oxygen atoms in total. The minimum atomic E-state index is -0.140. The van der Waals surface area contributed by atoms with Gasteiger partial charge in [-0.2, -0.15) is 5.10 Å². The molecule has 0 spiro atoms. The summed E-state index contributed by atoms with van der Waals surface area (Å²) in [7, 11) is 1.65. The van der Waals surface area contributed by atoms with Gasteiger partial charge in [0.1, 0.15) is 5.15 Å². The van der Waals surface area contributed by atoms with Crippen LogP contribution in [-0.2, 0) is 4.79 Å². The summed E-state index contributed by atoms with van der Waals surface area (Å²) in [5.74, 6) is -0.117. The van der Waals surface area contributed by atoms with E-state index < -0.39 is 0 Å². The van der Waals surface area contributed by atoms with E-state index in [9.17, 15) is 4.79 Å². The molecular weight excluding hydrogens is 397 g/mol. The molecule has 0 bridgehead atoms. The molecule has 0 saturated carbocycles. The number of hydrogen-bond donors (Lipinski definition) is 0. The lowest BCUT2D eigenvalue weighted by atomic mass is 9.97. The number of amides is 1. The van der Waals surface area contributed by atoms with Crippen LogP contribution in [0.15, 0.2) is 40.5 Å². The second-order valence-electron chi connectivity index (χ2n) is 6.91. The predicted molar refractivity (Wildman–Crippen MR) is 113 cm³/mol. The zero-order valence-corrected chi connectivity index (χ0v) is 17.8. The molecule has 0 aromatic carbocycles. The number of allylic oxidation sites excluding steroid dienone is 2. The third-order valence-electron chi connectivity index (χ3n) is 4.95. The maximum Gasteiger partial charge on any atom is 0.256 e. The van der Waals surface area contributed by atoms with Crippen molar-refractivity contribution in [3.8, 4) is 0 Å². The van der Waals surface area contributed by atoms with Crippen LogP contribution in [0.4, 0.5) is 0 Å². The highest BCUT2D eigenvalue weighted by molar-refractivity contribution is 6.32. The van der Waals surface area contributed by atoms with Crippen molar-refractivity contribution in [2.24, 2.45) is 4.99 Å². The second-order valence-corrected chi connectivity index (χ2v) is 7.75. The fraction of sp³-hybridized carbons (Fsp3) is 0.400. The zero-order chi connectivity index (χ0) is 20.4. The summed E-state index contributed by atoms with van der Waals surface area (Å²) in [6, 6.07) is 1.75. The Hall–Kier alpha value is -2.18. The number of aliphatic imine (C=N–C) groups is 1. The van der Waals surface area contributed by atoms with E-state index >= 15 is 0 Å². The first-order chi connectivity index (χ1) is 13.3. The van der Waals surface area contributed by atoms with Gasteiger partial charge in [-0.15, -0.1) is 0 Å². The van der Waals surface area contributed by atoms with E-state index in [-0.39, 0.29) is 11.9 Å². The molecule has 1 amide bonds. The third kappa shape index (κ3) is 4.13. The molecule has 3 heterocycles. The molecule has 1 aliphatic heterocycles. The number of likely N-dealkylation sites (tertiary alicyclic amines) is 1. The van der Waals surface area contributed by atoms with Crippen molar-refractivity contribution in [2.45, 2.75) is 39.2 Å². The van der Waals surface area contributed by atoms with Crippen molar-refractivity contribution >= 4 is 40.5 Å². The van der Waals surface area contributed by atoms with E-state index in [0.29, 0.717) is 33.7 Å². The normalized spacial score (nSPS) is 18.6.